The van der Waals surface area contributed by atoms with E-state index in [1.54, 1.807) is 0 Å². The van der Waals surface area contributed by atoms with Gasteiger partial charge in [0.2, 0.25) is 0 Å². The number of hydrogen-bond acceptors (Lipinski definition) is 4. The Morgan fingerprint density at radius 1 is 1.27 bits per heavy atom. The number of unbranched alkanes of at least 4 members (excludes halogenated alkanes) is 2. The number of amides is 1. The first-order valence-corrected chi connectivity index (χ1v) is 7.90. The van der Waals surface area contributed by atoms with E-state index in [-0.39, 0.29) is 0 Å². The number of fused-ring (bicyclic) bond motifs is 3. The van der Waals surface area contributed by atoms with Gasteiger partial charge in [0.1, 0.15) is 17.4 Å². The van der Waals surface area contributed by atoms with Gasteiger partial charge in [0.05, 0.1) is 0 Å². The number of carboxylic acid groups (broad SMARTS) is 1. The van der Waals surface area contributed by atoms with Gasteiger partial charge < -0.3 is 19.6 Å². The van der Waals surface area contributed by atoms with Crippen molar-refractivity contribution < 1.29 is 14.3 Å². The molecule has 0 atom stereocenters. The molecule has 0 fully saturated rings. The highest BCUT2D eigenvalue weighted by Crippen LogP contribution is 2.30. The summed E-state index contributed by atoms with van der Waals surface area (Å²) in [5.41, 5.74) is 2.32. The normalized spacial score (nSPS) is 14.9. The molecule has 1 N–H and O–H groups in total. The van der Waals surface area contributed by atoms with Gasteiger partial charge in [-0.25, -0.2) is 0 Å². The summed E-state index contributed by atoms with van der Waals surface area (Å²) in [4.78, 5) is 12.7. The molecule has 2 aromatic rings. The minimum atomic E-state index is -1.18. The molecule has 2 heterocycles. The molecule has 1 aliphatic rings. The molecule has 5 heteroatoms. The molecular formula is C17H21N2O3-. The van der Waals surface area contributed by atoms with E-state index in [0.717, 1.165) is 56.7 Å². The SMILES string of the molecule is O=C([O-])NCCCCCN1CCc2oc3ccccc3c2C1. The Morgan fingerprint density at radius 3 is 3.00 bits per heavy atom. The van der Waals surface area contributed by atoms with Crippen LogP contribution in [0.2, 0.25) is 0 Å². The van der Waals surface area contributed by atoms with Crippen molar-refractivity contribution in [2.45, 2.75) is 32.2 Å². The standard InChI is InChI=1S/C17H22N2O3/c20-17(21)18-9-4-1-5-10-19-11-8-16-14(12-19)13-6-2-3-7-15(13)22-16/h2-3,6-7,18H,1,4-5,8-12H2,(H,20,21)/p-1. The maximum Gasteiger partial charge on any atom is 0.134 e. The van der Waals surface area contributed by atoms with Gasteiger partial charge in [-0.05, 0) is 25.5 Å². The summed E-state index contributed by atoms with van der Waals surface area (Å²) in [5, 5.41) is 13.8. The predicted octanol–water partition coefficient (Wildman–Crippen LogP) is 1.89. The van der Waals surface area contributed by atoms with Crippen LogP contribution in [0.5, 0.6) is 0 Å². The van der Waals surface area contributed by atoms with Crippen LogP contribution in [0.15, 0.2) is 28.7 Å². The fourth-order valence-corrected chi connectivity index (χ4v) is 3.11. The van der Waals surface area contributed by atoms with E-state index in [1.165, 1.54) is 10.9 Å². The predicted molar refractivity (Wildman–Crippen MR) is 82.4 cm³/mol. The van der Waals surface area contributed by atoms with Gasteiger partial charge >= 0.3 is 0 Å². The molecule has 0 aliphatic carbocycles. The van der Waals surface area contributed by atoms with Crippen molar-refractivity contribution in [2.75, 3.05) is 19.6 Å². The number of nitrogens with one attached hydrogen (secondary N) is 1. The fraction of sp³-hybridized carbons (Fsp3) is 0.471. The molecule has 0 bridgehead atoms. The maximum absolute atomic E-state index is 10.2. The number of benzene rings is 1. The topological polar surface area (TPSA) is 68.5 Å². The van der Waals surface area contributed by atoms with E-state index in [1.807, 2.05) is 12.1 Å². The minimum absolute atomic E-state index is 0.485. The Labute approximate surface area is 129 Å². The van der Waals surface area contributed by atoms with Crippen LogP contribution in [0, 0.1) is 0 Å². The molecule has 0 spiro atoms. The van der Waals surface area contributed by atoms with Crippen molar-refractivity contribution in [2.24, 2.45) is 0 Å². The molecule has 5 nitrogen and oxygen atoms in total. The number of nitrogens with zero attached hydrogens (tertiary/aromatic N) is 1. The lowest BCUT2D eigenvalue weighted by molar-refractivity contribution is -0.250. The van der Waals surface area contributed by atoms with Gasteiger partial charge in [-0.15, -0.1) is 0 Å². The average Bonchev–Trinajstić information content (AvgIpc) is 2.88. The number of hydrogen-bond donors (Lipinski definition) is 1. The van der Waals surface area contributed by atoms with Crippen molar-refractivity contribution in [3.63, 3.8) is 0 Å². The highest BCUT2D eigenvalue weighted by molar-refractivity contribution is 5.82. The first kappa shape index (κ1) is 14.9. The van der Waals surface area contributed by atoms with E-state index in [9.17, 15) is 9.90 Å². The van der Waals surface area contributed by atoms with Crippen LogP contribution in [-0.4, -0.2) is 30.6 Å². The Morgan fingerprint density at radius 2 is 2.14 bits per heavy atom. The van der Waals surface area contributed by atoms with E-state index in [2.05, 4.69) is 22.3 Å². The lowest BCUT2D eigenvalue weighted by atomic mass is 10.0. The molecule has 0 saturated carbocycles. The average molecular weight is 301 g/mol. The van der Waals surface area contributed by atoms with Gasteiger partial charge in [-0.1, -0.05) is 24.6 Å². The maximum atomic E-state index is 10.2. The third kappa shape index (κ3) is 3.42. The Bertz CT molecular complexity index is 650. The number of furan rings is 1. The quantitative estimate of drug-likeness (QED) is 0.827. The van der Waals surface area contributed by atoms with Crippen LogP contribution < -0.4 is 10.4 Å². The summed E-state index contributed by atoms with van der Waals surface area (Å²) in [6.07, 6.45) is 2.75. The minimum Gasteiger partial charge on any atom is -0.530 e. The largest absolute Gasteiger partial charge is 0.530 e. The van der Waals surface area contributed by atoms with E-state index < -0.39 is 6.09 Å². The summed E-state index contributed by atoms with van der Waals surface area (Å²) in [5.74, 6) is 1.13. The molecular weight excluding hydrogens is 280 g/mol. The molecule has 1 amide bonds. The van der Waals surface area contributed by atoms with Crippen LogP contribution >= 0.6 is 0 Å². The number of carbonyl (C=O) groups is 1. The van der Waals surface area contributed by atoms with Gasteiger partial charge in [0.15, 0.2) is 0 Å². The second-order valence-electron chi connectivity index (χ2n) is 5.80. The molecule has 22 heavy (non-hydrogen) atoms. The van der Waals surface area contributed by atoms with Crippen molar-refractivity contribution in [1.29, 1.82) is 0 Å². The number of rotatable bonds is 6. The fourth-order valence-electron chi connectivity index (χ4n) is 3.11. The first-order chi connectivity index (χ1) is 10.7. The molecule has 0 unspecified atom stereocenters. The highest BCUT2D eigenvalue weighted by atomic mass is 16.4. The van der Waals surface area contributed by atoms with Crippen molar-refractivity contribution >= 4 is 17.1 Å². The summed E-state index contributed by atoms with van der Waals surface area (Å²) in [7, 11) is 0. The van der Waals surface area contributed by atoms with Crippen LogP contribution in [0.3, 0.4) is 0 Å². The third-order valence-corrected chi connectivity index (χ3v) is 4.24. The van der Waals surface area contributed by atoms with Gasteiger partial charge in [-0.3, -0.25) is 4.90 Å². The first-order valence-electron chi connectivity index (χ1n) is 7.90. The van der Waals surface area contributed by atoms with Crippen LogP contribution in [0.25, 0.3) is 11.0 Å². The zero-order valence-electron chi connectivity index (χ0n) is 12.6. The third-order valence-electron chi connectivity index (χ3n) is 4.24. The van der Waals surface area contributed by atoms with Crippen molar-refractivity contribution in [1.82, 2.24) is 10.2 Å². The van der Waals surface area contributed by atoms with Crippen LogP contribution in [0.4, 0.5) is 4.79 Å². The molecule has 1 aliphatic heterocycles. The highest BCUT2D eigenvalue weighted by Gasteiger charge is 2.21. The van der Waals surface area contributed by atoms with E-state index >= 15 is 0 Å². The Balaban J connectivity index is 1.48. The zero-order chi connectivity index (χ0) is 15.4. The summed E-state index contributed by atoms with van der Waals surface area (Å²) >= 11 is 0. The van der Waals surface area contributed by atoms with Crippen LogP contribution in [0.1, 0.15) is 30.6 Å². The molecule has 1 aromatic heterocycles. The Hall–Kier alpha value is -2.01. The molecule has 0 saturated heterocycles. The summed E-state index contributed by atoms with van der Waals surface area (Å²) < 4.78 is 5.92. The summed E-state index contributed by atoms with van der Waals surface area (Å²) in [6, 6.07) is 8.23. The molecule has 3 rings (SSSR count). The molecule has 118 valence electrons. The summed E-state index contributed by atoms with van der Waals surface area (Å²) in [6.45, 7) is 3.51. The van der Waals surface area contributed by atoms with Crippen molar-refractivity contribution in [3.8, 4) is 0 Å². The second kappa shape index (κ2) is 6.83. The van der Waals surface area contributed by atoms with Crippen LogP contribution in [-0.2, 0) is 13.0 Å². The van der Waals surface area contributed by atoms with Gasteiger partial charge in [0, 0.05) is 37.0 Å². The van der Waals surface area contributed by atoms with E-state index in [4.69, 9.17) is 4.42 Å². The number of para-hydroxylation sites is 1. The second-order valence-corrected chi connectivity index (χ2v) is 5.80. The lowest BCUT2D eigenvalue weighted by Crippen LogP contribution is -2.37. The van der Waals surface area contributed by atoms with Gasteiger partial charge in [0.25, 0.3) is 0 Å². The van der Waals surface area contributed by atoms with Crippen molar-refractivity contribution in [3.05, 3.63) is 35.6 Å². The Kier molecular flexibility index (Phi) is 4.63. The smallest absolute Gasteiger partial charge is 0.134 e. The molecule has 1 aromatic carbocycles. The van der Waals surface area contributed by atoms with Gasteiger partial charge in [-0.2, -0.15) is 0 Å². The number of carbonyl (C=O) groups excluding carboxylic acids is 1. The zero-order valence-corrected chi connectivity index (χ0v) is 12.6. The monoisotopic (exact) mass is 301 g/mol. The molecule has 0 radical (unpaired) electrons. The lowest BCUT2D eigenvalue weighted by Gasteiger charge is -2.26. The van der Waals surface area contributed by atoms with E-state index in [0.29, 0.717) is 6.54 Å².